The smallest absolute Gasteiger partial charge is 0.125 e. The largest absolute Gasteiger partial charge is 0.398 e. The number of ether oxygens (including phenoxy) is 1. The highest BCUT2D eigenvalue weighted by Gasteiger charge is 2.16. The standard InChI is InChI=1S/C14H21FN2O/c1-17(8-11-3-2-6-18-10-11)9-12-4-5-13(15)7-14(12)16/h4-5,7,11H,2-3,6,8-10,16H2,1H3. The van der Waals surface area contributed by atoms with Crippen molar-refractivity contribution in [3.63, 3.8) is 0 Å². The fourth-order valence-corrected chi connectivity index (χ4v) is 2.46. The lowest BCUT2D eigenvalue weighted by molar-refractivity contribution is 0.0412. The molecular formula is C14H21FN2O. The number of halogens is 1. The first-order valence-electron chi connectivity index (χ1n) is 6.45. The van der Waals surface area contributed by atoms with Crippen molar-refractivity contribution in [2.24, 2.45) is 5.92 Å². The van der Waals surface area contributed by atoms with Crippen LogP contribution in [0.25, 0.3) is 0 Å². The second-order valence-corrected chi connectivity index (χ2v) is 5.12. The third kappa shape index (κ3) is 3.68. The molecule has 100 valence electrons. The Morgan fingerprint density at radius 2 is 2.33 bits per heavy atom. The highest BCUT2D eigenvalue weighted by molar-refractivity contribution is 5.46. The molecule has 0 saturated carbocycles. The fourth-order valence-electron chi connectivity index (χ4n) is 2.46. The van der Waals surface area contributed by atoms with Gasteiger partial charge < -0.3 is 15.4 Å². The summed E-state index contributed by atoms with van der Waals surface area (Å²) in [6.45, 7) is 3.49. The van der Waals surface area contributed by atoms with Crippen LogP contribution in [0.3, 0.4) is 0 Å². The van der Waals surface area contributed by atoms with Gasteiger partial charge in [-0.15, -0.1) is 0 Å². The first-order valence-corrected chi connectivity index (χ1v) is 6.45. The van der Waals surface area contributed by atoms with E-state index in [0.29, 0.717) is 11.6 Å². The molecule has 4 heteroatoms. The monoisotopic (exact) mass is 252 g/mol. The minimum Gasteiger partial charge on any atom is -0.398 e. The molecule has 1 aliphatic heterocycles. The van der Waals surface area contributed by atoms with Gasteiger partial charge in [-0.1, -0.05) is 6.07 Å². The van der Waals surface area contributed by atoms with E-state index in [4.69, 9.17) is 10.5 Å². The van der Waals surface area contributed by atoms with Crippen LogP contribution in [0.15, 0.2) is 18.2 Å². The Bertz CT molecular complexity index is 391. The lowest BCUT2D eigenvalue weighted by Gasteiger charge is -2.27. The number of nitrogens with zero attached hydrogens (tertiary/aromatic N) is 1. The molecule has 3 nitrogen and oxygen atoms in total. The number of rotatable bonds is 4. The molecule has 0 aromatic heterocycles. The van der Waals surface area contributed by atoms with Crippen LogP contribution in [0.5, 0.6) is 0 Å². The molecule has 1 aromatic rings. The highest BCUT2D eigenvalue weighted by Crippen LogP contribution is 2.18. The van der Waals surface area contributed by atoms with E-state index in [1.807, 2.05) is 0 Å². The fraction of sp³-hybridized carbons (Fsp3) is 0.571. The van der Waals surface area contributed by atoms with Crippen LogP contribution in [-0.2, 0) is 11.3 Å². The van der Waals surface area contributed by atoms with E-state index < -0.39 is 0 Å². The molecule has 2 N–H and O–H groups in total. The van der Waals surface area contributed by atoms with Crippen LogP contribution in [0.4, 0.5) is 10.1 Å². The second kappa shape index (κ2) is 6.16. The lowest BCUT2D eigenvalue weighted by atomic mass is 10.0. The summed E-state index contributed by atoms with van der Waals surface area (Å²) >= 11 is 0. The Morgan fingerprint density at radius 3 is 3.00 bits per heavy atom. The number of anilines is 1. The quantitative estimate of drug-likeness (QED) is 0.835. The Balaban J connectivity index is 1.87. The van der Waals surface area contributed by atoms with Gasteiger partial charge in [-0.2, -0.15) is 0 Å². The summed E-state index contributed by atoms with van der Waals surface area (Å²) in [6, 6.07) is 4.61. The summed E-state index contributed by atoms with van der Waals surface area (Å²) in [5.74, 6) is 0.324. The van der Waals surface area contributed by atoms with Gasteiger partial charge in [-0.3, -0.25) is 0 Å². The van der Waals surface area contributed by atoms with Gasteiger partial charge in [-0.25, -0.2) is 4.39 Å². The maximum atomic E-state index is 12.9. The van der Waals surface area contributed by atoms with Gasteiger partial charge in [0.1, 0.15) is 5.82 Å². The van der Waals surface area contributed by atoms with E-state index >= 15 is 0 Å². The first kappa shape index (κ1) is 13.3. The van der Waals surface area contributed by atoms with Crippen LogP contribution < -0.4 is 5.73 Å². The third-order valence-corrected chi connectivity index (χ3v) is 3.37. The lowest BCUT2D eigenvalue weighted by Crippen LogP contribution is -2.30. The van der Waals surface area contributed by atoms with E-state index in [-0.39, 0.29) is 5.82 Å². The van der Waals surface area contributed by atoms with Crippen molar-refractivity contribution in [3.05, 3.63) is 29.6 Å². The molecular weight excluding hydrogens is 231 g/mol. The molecule has 2 rings (SSSR count). The van der Waals surface area contributed by atoms with Crippen molar-refractivity contribution in [2.75, 3.05) is 32.5 Å². The molecule has 1 fully saturated rings. The van der Waals surface area contributed by atoms with Crippen molar-refractivity contribution < 1.29 is 9.13 Å². The summed E-state index contributed by atoms with van der Waals surface area (Å²) in [4.78, 5) is 2.23. The highest BCUT2D eigenvalue weighted by atomic mass is 19.1. The van der Waals surface area contributed by atoms with Gasteiger partial charge in [0.2, 0.25) is 0 Å². The maximum absolute atomic E-state index is 12.9. The van der Waals surface area contributed by atoms with Crippen LogP contribution >= 0.6 is 0 Å². The van der Waals surface area contributed by atoms with Crippen LogP contribution in [0, 0.1) is 11.7 Å². The number of benzene rings is 1. The topological polar surface area (TPSA) is 38.5 Å². The van der Waals surface area contributed by atoms with Crippen molar-refractivity contribution in [3.8, 4) is 0 Å². The molecule has 0 amide bonds. The number of hydrogen-bond acceptors (Lipinski definition) is 3. The zero-order chi connectivity index (χ0) is 13.0. The van der Waals surface area contributed by atoms with Crippen molar-refractivity contribution in [1.82, 2.24) is 4.90 Å². The van der Waals surface area contributed by atoms with Crippen LogP contribution in [0.2, 0.25) is 0 Å². The predicted molar refractivity (Wildman–Crippen MR) is 70.7 cm³/mol. The number of nitrogens with two attached hydrogens (primary N) is 1. The minimum atomic E-state index is -0.278. The van der Waals surface area contributed by atoms with Crippen molar-refractivity contribution in [2.45, 2.75) is 19.4 Å². The van der Waals surface area contributed by atoms with Crippen LogP contribution in [0.1, 0.15) is 18.4 Å². The summed E-state index contributed by atoms with van der Waals surface area (Å²) < 4.78 is 18.4. The van der Waals surface area contributed by atoms with Gasteiger partial charge in [0.25, 0.3) is 0 Å². The van der Waals surface area contributed by atoms with Gasteiger partial charge in [0, 0.05) is 25.4 Å². The third-order valence-electron chi connectivity index (χ3n) is 3.37. The molecule has 1 atom stereocenters. The molecule has 1 aromatic carbocycles. The zero-order valence-electron chi connectivity index (χ0n) is 10.9. The summed E-state index contributed by atoms with van der Waals surface area (Å²) in [7, 11) is 2.07. The molecule has 0 bridgehead atoms. The predicted octanol–water partition coefficient (Wildman–Crippen LogP) is 2.27. The normalized spacial score (nSPS) is 20.3. The van der Waals surface area contributed by atoms with E-state index in [1.54, 1.807) is 6.07 Å². The molecule has 1 aliphatic rings. The Labute approximate surface area is 108 Å². The van der Waals surface area contributed by atoms with Gasteiger partial charge >= 0.3 is 0 Å². The average molecular weight is 252 g/mol. The van der Waals surface area contributed by atoms with E-state index in [9.17, 15) is 4.39 Å². The Morgan fingerprint density at radius 1 is 1.50 bits per heavy atom. The van der Waals surface area contributed by atoms with E-state index in [2.05, 4.69) is 11.9 Å². The van der Waals surface area contributed by atoms with Gasteiger partial charge in [0.05, 0.1) is 6.61 Å². The number of nitrogen functional groups attached to an aromatic ring is 1. The zero-order valence-corrected chi connectivity index (χ0v) is 10.9. The average Bonchev–Trinajstić information content (AvgIpc) is 2.34. The van der Waals surface area contributed by atoms with Gasteiger partial charge in [0.15, 0.2) is 0 Å². The molecule has 0 aliphatic carbocycles. The Kier molecular flexibility index (Phi) is 4.55. The first-order chi connectivity index (χ1) is 8.65. The minimum absolute atomic E-state index is 0.278. The van der Waals surface area contributed by atoms with Crippen molar-refractivity contribution in [1.29, 1.82) is 0 Å². The summed E-state index contributed by atoms with van der Waals surface area (Å²) in [5.41, 5.74) is 7.32. The molecule has 0 spiro atoms. The second-order valence-electron chi connectivity index (χ2n) is 5.12. The van der Waals surface area contributed by atoms with Crippen molar-refractivity contribution >= 4 is 5.69 Å². The summed E-state index contributed by atoms with van der Waals surface area (Å²) in [5, 5.41) is 0. The molecule has 1 saturated heterocycles. The van der Waals surface area contributed by atoms with Crippen LogP contribution in [-0.4, -0.2) is 31.7 Å². The molecule has 18 heavy (non-hydrogen) atoms. The van der Waals surface area contributed by atoms with E-state index in [1.165, 1.54) is 18.6 Å². The molecule has 1 heterocycles. The molecule has 0 radical (unpaired) electrons. The maximum Gasteiger partial charge on any atom is 0.125 e. The van der Waals surface area contributed by atoms with Gasteiger partial charge in [-0.05, 0) is 43.5 Å². The van der Waals surface area contributed by atoms with E-state index in [0.717, 1.165) is 38.3 Å². The Hall–Kier alpha value is -1.13. The molecule has 1 unspecified atom stereocenters. The number of hydrogen-bond donors (Lipinski definition) is 1. The SMILES string of the molecule is CN(Cc1ccc(F)cc1N)CC1CCCOC1. The summed E-state index contributed by atoms with van der Waals surface area (Å²) in [6.07, 6.45) is 2.38.